The van der Waals surface area contributed by atoms with Gasteiger partial charge in [0.25, 0.3) is 5.91 Å². The van der Waals surface area contributed by atoms with Crippen molar-refractivity contribution in [3.05, 3.63) is 58.9 Å². The van der Waals surface area contributed by atoms with Crippen LogP contribution in [0.5, 0.6) is 0 Å². The number of hydrogen-bond acceptors (Lipinski definition) is 6. The van der Waals surface area contributed by atoms with E-state index < -0.39 is 0 Å². The van der Waals surface area contributed by atoms with Gasteiger partial charge in [0.2, 0.25) is 0 Å². The van der Waals surface area contributed by atoms with Crippen molar-refractivity contribution in [2.24, 2.45) is 13.0 Å². The fourth-order valence-electron chi connectivity index (χ4n) is 7.47. The predicted octanol–water partition coefficient (Wildman–Crippen LogP) is 4.71. The molecule has 3 aliphatic rings. The molecule has 1 amide bonds. The van der Waals surface area contributed by atoms with Crippen LogP contribution in [0, 0.1) is 5.92 Å². The number of carbonyl (C=O) groups excluding carboxylic acids is 1. The van der Waals surface area contributed by atoms with E-state index in [-0.39, 0.29) is 5.91 Å². The number of nitrogens with one attached hydrogen (secondary N) is 2. The van der Waals surface area contributed by atoms with E-state index in [0.29, 0.717) is 19.1 Å². The van der Waals surface area contributed by atoms with Crippen molar-refractivity contribution in [2.75, 3.05) is 45.9 Å². The summed E-state index contributed by atoms with van der Waals surface area (Å²) < 4.78 is 4.44. The van der Waals surface area contributed by atoms with Gasteiger partial charge >= 0.3 is 0 Å². The number of aromatic nitrogens is 3. The Hall–Kier alpha value is -3.66. The van der Waals surface area contributed by atoms with Crippen LogP contribution in [0.2, 0.25) is 0 Å². The number of hydrogen-bond donors (Lipinski definition) is 2. The maximum Gasteiger partial charge on any atom is 0.252 e. The third kappa shape index (κ3) is 5.01. The van der Waals surface area contributed by atoms with E-state index in [1.54, 1.807) is 0 Å². The first kappa shape index (κ1) is 29.1. The molecular formula is C35H45N7O2. The van der Waals surface area contributed by atoms with Gasteiger partial charge in [0.15, 0.2) is 0 Å². The third-order valence-electron chi connectivity index (χ3n) is 9.67. The smallest absolute Gasteiger partial charge is 0.252 e. The zero-order valence-corrected chi connectivity index (χ0v) is 26.6. The summed E-state index contributed by atoms with van der Waals surface area (Å²) in [5.74, 6) is 0.441. The number of benzene rings is 2. The number of rotatable bonds is 10. The van der Waals surface area contributed by atoms with Gasteiger partial charge in [0, 0.05) is 85.5 Å². The van der Waals surface area contributed by atoms with Gasteiger partial charge in [0.05, 0.1) is 29.1 Å². The molecule has 44 heavy (non-hydrogen) atoms. The normalized spacial score (nSPS) is 16.9. The maximum absolute atomic E-state index is 13.5. The number of amides is 1. The summed E-state index contributed by atoms with van der Waals surface area (Å²) in [7, 11) is 1.97. The molecule has 2 aromatic heterocycles. The highest BCUT2D eigenvalue weighted by atomic mass is 16.6. The summed E-state index contributed by atoms with van der Waals surface area (Å²) in [5.41, 5.74) is 13.8. The highest BCUT2D eigenvalue weighted by Gasteiger charge is 2.35. The Kier molecular flexibility index (Phi) is 7.72. The molecule has 0 bridgehead atoms. The molecule has 1 aliphatic carbocycles. The van der Waals surface area contributed by atoms with Crippen LogP contribution < -0.4 is 10.8 Å². The number of likely N-dealkylation sites (N-methyl/N-ethyl adjacent to an activating group) is 1. The SMILES string of the molecule is C=C(NOCC(C)C)c1ccc2c(c1)c1c3c(c4c(c1n2CCCN1CCN(CC)CC1)CCc1nn(C)cc1-4)C(=O)NC3. The summed E-state index contributed by atoms with van der Waals surface area (Å²) in [6.45, 7) is 19.7. The Morgan fingerprint density at radius 3 is 2.66 bits per heavy atom. The van der Waals surface area contributed by atoms with Crippen LogP contribution in [0.15, 0.2) is 31.0 Å². The largest absolute Gasteiger partial charge is 0.348 e. The van der Waals surface area contributed by atoms with Crippen molar-refractivity contribution in [3.8, 4) is 11.1 Å². The Morgan fingerprint density at radius 1 is 1.09 bits per heavy atom. The van der Waals surface area contributed by atoms with Gasteiger partial charge in [-0.25, -0.2) is 0 Å². The second-order valence-corrected chi connectivity index (χ2v) is 13.1. The Labute approximate surface area is 259 Å². The van der Waals surface area contributed by atoms with Crippen LogP contribution in [0.3, 0.4) is 0 Å². The minimum absolute atomic E-state index is 0.0197. The second kappa shape index (κ2) is 11.7. The summed E-state index contributed by atoms with van der Waals surface area (Å²) >= 11 is 0. The van der Waals surface area contributed by atoms with Crippen LogP contribution in [0.25, 0.3) is 38.6 Å². The standard InChI is InChI=1S/C35H45N7O2/c1-6-40-14-16-41(17-15-40)12-7-13-42-30-11-8-24(23(4)38-44-21-22(2)3)18-26(30)32-27-19-36-35(43)33(27)31-25(34(32)42)9-10-29-28(31)20-39(5)37-29/h8,11,18,20,22,38H,4,6-7,9-10,12-17,19,21H2,1-3,5H3,(H,36,43). The summed E-state index contributed by atoms with van der Waals surface area (Å²) in [4.78, 5) is 24.3. The minimum Gasteiger partial charge on any atom is -0.348 e. The van der Waals surface area contributed by atoms with E-state index in [0.717, 1.165) is 104 Å². The van der Waals surface area contributed by atoms with Crippen molar-refractivity contribution < 1.29 is 9.63 Å². The van der Waals surface area contributed by atoms with Gasteiger partial charge in [-0.05, 0) is 61.5 Å². The molecule has 9 nitrogen and oxygen atoms in total. The third-order valence-corrected chi connectivity index (χ3v) is 9.67. The Morgan fingerprint density at radius 2 is 1.89 bits per heavy atom. The molecule has 0 spiro atoms. The first-order chi connectivity index (χ1) is 21.3. The molecule has 1 saturated heterocycles. The molecule has 4 heterocycles. The topological polar surface area (TPSA) is 79.6 Å². The molecule has 2 aromatic carbocycles. The molecule has 0 unspecified atom stereocenters. The Bertz CT molecular complexity index is 1760. The van der Waals surface area contributed by atoms with Gasteiger partial charge in [0.1, 0.15) is 0 Å². The quantitative estimate of drug-likeness (QED) is 0.259. The summed E-state index contributed by atoms with van der Waals surface area (Å²) in [5, 5.41) is 10.3. The van der Waals surface area contributed by atoms with Gasteiger partial charge in [-0.15, -0.1) is 0 Å². The van der Waals surface area contributed by atoms with Crippen LogP contribution >= 0.6 is 0 Å². The van der Waals surface area contributed by atoms with Gasteiger partial charge in [-0.2, -0.15) is 5.10 Å². The van der Waals surface area contributed by atoms with Crippen molar-refractivity contribution in [2.45, 2.75) is 53.1 Å². The lowest BCUT2D eigenvalue weighted by Gasteiger charge is -2.34. The van der Waals surface area contributed by atoms with E-state index in [4.69, 9.17) is 9.94 Å². The molecule has 4 aromatic rings. The molecule has 2 aliphatic heterocycles. The molecule has 1 fully saturated rings. The van der Waals surface area contributed by atoms with E-state index in [9.17, 15) is 4.79 Å². The van der Waals surface area contributed by atoms with Crippen molar-refractivity contribution in [1.82, 2.24) is 34.9 Å². The fourth-order valence-corrected chi connectivity index (χ4v) is 7.47. The number of piperazine rings is 1. The monoisotopic (exact) mass is 595 g/mol. The fraction of sp³-hybridized carbons (Fsp3) is 0.486. The van der Waals surface area contributed by atoms with Crippen molar-refractivity contribution >= 4 is 33.4 Å². The molecule has 232 valence electrons. The lowest BCUT2D eigenvalue weighted by atomic mass is 9.82. The molecule has 2 N–H and O–H groups in total. The van der Waals surface area contributed by atoms with E-state index >= 15 is 0 Å². The maximum atomic E-state index is 13.5. The average molecular weight is 596 g/mol. The van der Waals surface area contributed by atoms with Gasteiger partial charge in [-0.3, -0.25) is 19.8 Å². The first-order valence-electron chi connectivity index (χ1n) is 16.3. The number of carbonyl (C=O) groups is 1. The van der Waals surface area contributed by atoms with Crippen LogP contribution in [-0.2, 0) is 37.8 Å². The second-order valence-electron chi connectivity index (χ2n) is 13.1. The van der Waals surface area contributed by atoms with E-state index in [1.165, 1.54) is 27.4 Å². The number of fused-ring (bicyclic) bond motifs is 10. The molecule has 9 heteroatoms. The molecule has 0 radical (unpaired) electrons. The van der Waals surface area contributed by atoms with Crippen LogP contribution in [0.4, 0.5) is 0 Å². The zero-order chi connectivity index (χ0) is 30.5. The lowest BCUT2D eigenvalue weighted by molar-refractivity contribution is 0.0582. The van der Waals surface area contributed by atoms with E-state index in [1.807, 2.05) is 11.7 Å². The van der Waals surface area contributed by atoms with Crippen molar-refractivity contribution in [1.29, 1.82) is 0 Å². The molecule has 0 saturated carbocycles. The average Bonchev–Trinajstić information content (AvgIpc) is 3.69. The van der Waals surface area contributed by atoms with Crippen LogP contribution in [-0.4, -0.2) is 75.9 Å². The molecular weight excluding hydrogens is 550 g/mol. The predicted molar refractivity (Wildman–Crippen MR) is 176 cm³/mol. The number of hydroxylamine groups is 1. The van der Waals surface area contributed by atoms with Gasteiger partial charge in [-0.1, -0.05) is 33.4 Å². The molecule has 0 atom stereocenters. The highest BCUT2D eigenvalue weighted by molar-refractivity contribution is 6.19. The summed E-state index contributed by atoms with van der Waals surface area (Å²) in [6.07, 6.45) is 4.92. The number of aryl methyl sites for hydroxylation is 4. The molecule has 7 rings (SSSR count). The van der Waals surface area contributed by atoms with E-state index in [2.05, 4.69) is 76.9 Å². The minimum atomic E-state index is 0.0197. The zero-order valence-electron chi connectivity index (χ0n) is 26.6. The van der Waals surface area contributed by atoms with Gasteiger partial charge < -0.3 is 19.7 Å². The first-order valence-corrected chi connectivity index (χ1v) is 16.3. The van der Waals surface area contributed by atoms with Crippen LogP contribution in [0.1, 0.15) is 59.9 Å². The summed E-state index contributed by atoms with van der Waals surface area (Å²) in [6, 6.07) is 6.62. The van der Waals surface area contributed by atoms with Crippen molar-refractivity contribution in [3.63, 3.8) is 0 Å². The Balaban J connectivity index is 1.35. The lowest BCUT2D eigenvalue weighted by Crippen LogP contribution is -2.46. The highest BCUT2D eigenvalue weighted by Crippen LogP contribution is 2.47. The number of nitrogens with zero attached hydrogens (tertiary/aromatic N) is 5.